The first-order chi connectivity index (χ1) is 6.75. The Morgan fingerprint density at radius 1 is 1.29 bits per heavy atom. The Hall–Kier alpha value is -1.91. The van der Waals surface area contributed by atoms with Crippen molar-refractivity contribution in [1.29, 1.82) is 0 Å². The SMILES string of the molecule is Fc1ccc(F)c(On2cccn2)c1. The lowest BCUT2D eigenvalue weighted by molar-refractivity contribution is 0.169. The predicted molar refractivity (Wildman–Crippen MR) is 44.6 cm³/mol. The van der Waals surface area contributed by atoms with E-state index >= 15 is 0 Å². The van der Waals surface area contributed by atoms with E-state index < -0.39 is 11.6 Å². The number of rotatable bonds is 2. The molecule has 0 fully saturated rings. The summed E-state index contributed by atoms with van der Waals surface area (Å²) in [4.78, 5) is 5.96. The average molecular weight is 196 g/mol. The highest BCUT2D eigenvalue weighted by atomic mass is 19.1. The fourth-order valence-corrected chi connectivity index (χ4v) is 0.957. The molecule has 1 heterocycles. The molecule has 0 aliphatic heterocycles. The predicted octanol–water partition coefficient (Wildman–Crippen LogP) is 2.00. The van der Waals surface area contributed by atoms with Crippen LogP contribution in [0, 0.1) is 11.6 Å². The van der Waals surface area contributed by atoms with Gasteiger partial charge in [0.2, 0.25) is 0 Å². The summed E-state index contributed by atoms with van der Waals surface area (Å²) in [5, 5.41) is 3.69. The number of benzene rings is 1. The van der Waals surface area contributed by atoms with Crippen LogP contribution in [0.3, 0.4) is 0 Å². The molecule has 0 bridgehead atoms. The van der Waals surface area contributed by atoms with E-state index in [1.54, 1.807) is 6.07 Å². The Labute approximate surface area is 78.5 Å². The minimum absolute atomic E-state index is 0.200. The summed E-state index contributed by atoms with van der Waals surface area (Å²) >= 11 is 0. The molecule has 1 aromatic carbocycles. The van der Waals surface area contributed by atoms with Crippen molar-refractivity contribution in [3.63, 3.8) is 0 Å². The van der Waals surface area contributed by atoms with Crippen LogP contribution in [0.15, 0.2) is 36.7 Å². The van der Waals surface area contributed by atoms with Crippen LogP contribution in [0.1, 0.15) is 0 Å². The van der Waals surface area contributed by atoms with Gasteiger partial charge < -0.3 is 4.84 Å². The van der Waals surface area contributed by atoms with Gasteiger partial charge in [-0.15, -0.1) is 9.94 Å². The minimum Gasteiger partial charge on any atom is -0.355 e. The molecule has 0 saturated carbocycles. The lowest BCUT2D eigenvalue weighted by Gasteiger charge is -2.04. The largest absolute Gasteiger partial charge is 0.355 e. The van der Waals surface area contributed by atoms with E-state index in [2.05, 4.69) is 5.10 Å². The van der Waals surface area contributed by atoms with E-state index in [4.69, 9.17) is 4.84 Å². The summed E-state index contributed by atoms with van der Waals surface area (Å²) in [6, 6.07) is 4.58. The first kappa shape index (κ1) is 8.68. The third-order valence-electron chi connectivity index (χ3n) is 1.57. The maximum absolute atomic E-state index is 13.0. The van der Waals surface area contributed by atoms with E-state index in [1.165, 1.54) is 12.4 Å². The maximum Gasteiger partial charge on any atom is 0.196 e. The van der Waals surface area contributed by atoms with E-state index in [0.29, 0.717) is 0 Å². The van der Waals surface area contributed by atoms with Crippen LogP contribution in [-0.2, 0) is 0 Å². The third-order valence-corrected chi connectivity index (χ3v) is 1.57. The van der Waals surface area contributed by atoms with Crippen LogP contribution in [0.25, 0.3) is 0 Å². The summed E-state index contributed by atoms with van der Waals surface area (Å²) in [5.74, 6) is -1.40. The van der Waals surface area contributed by atoms with Gasteiger partial charge in [0, 0.05) is 6.07 Å². The van der Waals surface area contributed by atoms with E-state index in [1.807, 2.05) is 0 Å². The number of nitrogens with zero attached hydrogens (tertiary/aromatic N) is 2. The van der Waals surface area contributed by atoms with Crippen LogP contribution in [0.5, 0.6) is 5.75 Å². The van der Waals surface area contributed by atoms with E-state index in [9.17, 15) is 8.78 Å². The third kappa shape index (κ3) is 1.71. The fraction of sp³-hybridized carbons (Fsp3) is 0. The van der Waals surface area contributed by atoms with E-state index in [0.717, 1.165) is 23.0 Å². The quantitative estimate of drug-likeness (QED) is 0.734. The monoisotopic (exact) mass is 196 g/mol. The van der Waals surface area contributed by atoms with Gasteiger partial charge in [0.15, 0.2) is 11.6 Å². The Kier molecular flexibility index (Phi) is 2.14. The van der Waals surface area contributed by atoms with Crippen molar-refractivity contribution in [1.82, 2.24) is 9.94 Å². The van der Waals surface area contributed by atoms with Crippen LogP contribution in [-0.4, -0.2) is 9.94 Å². The zero-order chi connectivity index (χ0) is 9.97. The second-order valence-corrected chi connectivity index (χ2v) is 2.57. The Morgan fingerprint density at radius 3 is 2.86 bits per heavy atom. The molecule has 0 radical (unpaired) electrons. The van der Waals surface area contributed by atoms with Gasteiger partial charge >= 0.3 is 0 Å². The molecule has 0 unspecified atom stereocenters. The van der Waals surface area contributed by atoms with Crippen molar-refractivity contribution < 1.29 is 13.6 Å². The molecule has 2 aromatic rings. The maximum atomic E-state index is 13.0. The van der Waals surface area contributed by atoms with Crippen LogP contribution < -0.4 is 4.84 Å². The van der Waals surface area contributed by atoms with Gasteiger partial charge in [-0.3, -0.25) is 0 Å². The number of halogens is 2. The lowest BCUT2D eigenvalue weighted by atomic mass is 10.3. The van der Waals surface area contributed by atoms with Crippen molar-refractivity contribution in [3.05, 3.63) is 48.3 Å². The average Bonchev–Trinajstić information content (AvgIpc) is 2.64. The molecular formula is C9H6F2N2O. The highest BCUT2D eigenvalue weighted by Gasteiger charge is 2.05. The molecular weight excluding hydrogens is 190 g/mol. The van der Waals surface area contributed by atoms with Gasteiger partial charge in [-0.2, -0.15) is 0 Å². The molecule has 72 valence electrons. The molecule has 0 spiro atoms. The van der Waals surface area contributed by atoms with E-state index in [-0.39, 0.29) is 5.75 Å². The second-order valence-electron chi connectivity index (χ2n) is 2.57. The molecule has 0 N–H and O–H groups in total. The molecule has 0 aliphatic carbocycles. The molecule has 0 amide bonds. The van der Waals surface area contributed by atoms with Crippen LogP contribution in [0.4, 0.5) is 8.78 Å². The van der Waals surface area contributed by atoms with Gasteiger partial charge in [0.1, 0.15) is 5.82 Å². The van der Waals surface area contributed by atoms with Crippen LogP contribution in [0.2, 0.25) is 0 Å². The molecule has 1 aromatic heterocycles. The number of hydrogen-bond acceptors (Lipinski definition) is 2. The standard InChI is InChI=1S/C9H6F2N2O/c10-7-2-3-8(11)9(6-7)14-13-5-1-4-12-13/h1-6H. The molecule has 14 heavy (non-hydrogen) atoms. The number of hydrogen-bond donors (Lipinski definition) is 0. The Morgan fingerprint density at radius 2 is 2.14 bits per heavy atom. The van der Waals surface area contributed by atoms with Crippen molar-refractivity contribution in [2.24, 2.45) is 0 Å². The molecule has 0 aliphatic rings. The first-order valence-corrected chi connectivity index (χ1v) is 3.89. The van der Waals surface area contributed by atoms with Gasteiger partial charge in [0.25, 0.3) is 0 Å². The molecule has 0 saturated heterocycles. The highest BCUT2D eigenvalue weighted by molar-refractivity contribution is 5.24. The fourth-order valence-electron chi connectivity index (χ4n) is 0.957. The summed E-state index contributed by atoms with van der Waals surface area (Å²) < 4.78 is 25.7. The normalized spacial score (nSPS) is 10.1. The van der Waals surface area contributed by atoms with Gasteiger partial charge in [0.05, 0.1) is 12.4 Å². The Bertz CT molecular complexity index is 428. The summed E-state index contributed by atoms with van der Waals surface area (Å²) in [6.07, 6.45) is 2.95. The zero-order valence-corrected chi connectivity index (χ0v) is 7.02. The zero-order valence-electron chi connectivity index (χ0n) is 7.02. The molecule has 3 nitrogen and oxygen atoms in total. The van der Waals surface area contributed by atoms with Crippen molar-refractivity contribution >= 4 is 0 Å². The number of aromatic nitrogens is 2. The summed E-state index contributed by atoms with van der Waals surface area (Å²) in [6.45, 7) is 0. The smallest absolute Gasteiger partial charge is 0.196 e. The second kappa shape index (κ2) is 3.45. The van der Waals surface area contributed by atoms with Gasteiger partial charge in [-0.25, -0.2) is 8.78 Å². The molecule has 5 heteroatoms. The summed E-state index contributed by atoms with van der Waals surface area (Å²) in [5.41, 5.74) is 0. The topological polar surface area (TPSA) is 27.1 Å². The van der Waals surface area contributed by atoms with Crippen molar-refractivity contribution in [2.75, 3.05) is 0 Å². The Balaban J connectivity index is 2.28. The van der Waals surface area contributed by atoms with Gasteiger partial charge in [-0.05, 0) is 18.2 Å². The van der Waals surface area contributed by atoms with Crippen LogP contribution >= 0.6 is 0 Å². The van der Waals surface area contributed by atoms with Gasteiger partial charge in [-0.1, -0.05) is 0 Å². The van der Waals surface area contributed by atoms with Crippen molar-refractivity contribution in [3.8, 4) is 5.75 Å². The lowest BCUT2D eigenvalue weighted by Crippen LogP contribution is -2.06. The molecule has 2 rings (SSSR count). The molecule has 0 atom stereocenters. The minimum atomic E-state index is -0.637. The highest BCUT2D eigenvalue weighted by Crippen LogP contribution is 2.17. The summed E-state index contributed by atoms with van der Waals surface area (Å²) in [7, 11) is 0. The van der Waals surface area contributed by atoms with Crippen molar-refractivity contribution in [2.45, 2.75) is 0 Å². The first-order valence-electron chi connectivity index (χ1n) is 3.89.